The Bertz CT molecular complexity index is 632. The Morgan fingerprint density at radius 3 is 2.50 bits per heavy atom. The number of carbonyl (C=O) groups is 2. The summed E-state index contributed by atoms with van der Waals surface area (Å²) in [5.74, 6) is -1.02. The highest BCUT2D eigenvalue weighted by molar-refractivity contribution is 5.89. The highest BCUT2D eigenvalue weighted by Gasteiger charge is 2.35. The normalized spacial score (nSPS) is 18.4. The van der Waals surface area contributed by atoms with Crippen molar-refractivity contribution in [2.75, 3.05) is 33.8 Å². The SMILES string of the molecule is COC(=O)c1ccc(CN(C)C(=O)[C@H]2CCCN(CC(F)(F)F)C2)cc1. The zero-order valence-corrected chi connectivity index (χ0v) is 14.9. The molecule has 1 aromatic carbocycles. The Labute approximate surface area is 150 Å². The zero-order chi connectivity index (χ0) is 19.3. The quantitative estimate of drug-likeness (QED) is 0.746. The molecule has 1 aliphatic heterocycles. The van der Waals surface area contributed by atoms with Crippen LogP contribution in [0.4, 0.5) is 13.2 Å². The van der Waals surface area contributed by atoms with E-state index in [4.69, 9.17) is 0 Å². The third kappa shape index (κ3) is 5.72. The van der Waals surface area contributed by atoms with E-state index in [0.29, 0.717) is 31.5 Å². The van der Waals surface area contributed by atoms with Gasteiger partial charge in [0.1, 0.15) is 0 Å². The summed E-state index contributed by atoms with van der Waals surface area (Å²) in [6.45, 7) is -0.155. The molecule has 0 bridgehead atoms. The molecule has 26 heavy (non-hydrogen) atoms. The molecule has 1 heterocycles. The Morgan fingerprint density at radius 2 is 1.92 bits per heavy atom. The minimum absolute atomic E-state index is 0.129. The minimum atomic E-state index is -4.25. The number of halogens is 3. The molecular formula is C18H23F3N2O3. The lowest BCUT2D eigenvalue weighted by Gasteiger charge is -2.34. The maximum absolute atomic E-state index is 12.6. The summed E-state index contributed by atoms with van der Waals surface area (Å²) in [4.78, 5) is 26.8. The topological polar surface area (TPSA) is 49.9 Å². The van der Waals surface area contributed by atoms with Crippen molar-refractivity contribution in [3.8, 4) is 0 Å². The summed E-state index contributed by atoms with van der Waals surface area (Å²) in [5.41, 5.74) is 1.25. The molecule has 0 saturated carbocycles. The molecule has 8 heteroatoms. The second kappa shape index (κ2) is 8.53. The van der Waals surface area contributed by atoms with Crippen molar-refractivity contribution in [1.29, 1.82) is 0 Å². The first-order valence-electron chi connectivity index (χ1n) is 8.41. The van der Waals surface area contributed by atoms with Gasteiger partial charge in [-0.3, -0.25) is 9.69 Å². The molecule has 1 saturated heterocycles. The molecule has 1 fully saturated rings. The monoisotopic (exact) mass is 372 g/mol. The lowest BCUT2D eigenvalue weighted by Crippen LogP contribution is -2.46. The first-order valence-corrected chi connectivity index (χ1v) is 8.41. The Balaban J connectivity index is 1.93. The third-order valence-corrected chi connectivity index (χ3v) is 4.43. The highest BCUT2D eigenvalue weighted by Crippen LogP contribution is 2.23. The van der Waals surface area contributed by atoms with Crippen LogP contribution in [0.1, 0.15) is 28.8 Å². The van der Waals surface area contributed by atoms with E-state index in [-0.39, 0.29) is 12.5 Å². The fourth-order valence-corrected chi connectivity index (χ4v) is 3.18. The van der Waals surface area contributed by atoms with Gasteiger partial charge in [0.05, 0.1) is 25.1 Å². The van der Waals surface area contributed by atoms with Gasteiger partial charge in [0.15, 0.2) is 0 Å². The van der Waals surface area contributed by atoms with E-state index in [0.717, 1.165) is 5.56 Å². The average Bonchev–Trinajstić information content (AvgIpc) is 2.59. The van der Waals surface area contributed by atoms with Crippen LogP contribution in [0.2, 0.25) is 0 Å². The van der Waals surface area contributed by atoms with Crippen molar-refractivity contribution >= 4 is 11.9 Å². The van der Waals surface area contributed by atoms with Gasteiger partial charge in [0.25, 0.3) is 0 Å². The number of benzene rings is 1. The lowest BCUT2D eigenvalue weighted by atomic mass is 9.96. The van der Waals surface area contributed by atoms with Crippen molar-refractivity contribution in [2.24, 2.45) is 5.92 Å². The fraction of sp³-hybridized carbons (Fsp3) is 0.556. The number of nitrogens with zero attached hydrogens (tertiary/aromatic N) is 2. The summed E-state index contributed by atoms with van der Waals surface area (Å²) in [6.07, 6.45) is -3.08. The second-order valence-corrected chi connectivity index (χ2v) is 6.57. The van der Waals surface area contributed by atoms with Crippen LogP contribution in [-0.2, 0) is 16.1 Å². The zero-order valence-electron chi connectivity index (χ0n) is 14.9. The van der Waals surface area contributed by atoms with Crippen molar-refractivity contribution in [2.45, 2.75) is 25.6 Å². The summed E-state index contributed by atoms with van der Waals surface area (Å²) >= 11 is 0. The van der Waals surface area contributed by atoms with E-state index in [1.165, 1.54) is 16.9 Å². The second-order valence-electron chi connectivity index (χ2n) is 6.57. The van der Waals surface area contributed by atoms with Crippen molar-refractivity contribution in [3.05, 3.63) is 35.4 Å². The third-order valence-electron chi connectivity index (χ3n) is 4.43. The van der Waals surface area contributed by atoms with Crippen LogP contribution in [0.15, 0.2) is 24.3 Å². The molecule has 0 unspecified atom stereocenters. The number of rotatable bonds is 5. The smallest absolute Gasteiger partial charge is 0.401 e. The van der Waals surface area contributed by atoms with Crippen molar-refractivity contribution in [1.82, 2.24) is 9.80 Å². The summed E-state index contributed by atoms with van der Waals surface area (Å²) in [5, 5.41) is 0. The molecule has 2 rings (SSSR count). The van der Waals surface area contributed by atoms with Gasteiger partial charge in [0.2, 0.25) is 5.91 Å². The van der Waals surface area contributed by atoms with Gasteiger partial charge in [-0.15, -0.1) is 0 Å². The van der Waals surface area contributed by atoms with Crippen LogP contribution >= 0.6 is 0 Å². The Kier molecular flexibility index (Phi) is 6.63. The predicted molar refractivity (Wildman–Crippen MR) is 89.5 cm³/mol. The van der Waals surface area contributed by atoms with Crippen LogP contribution in [-0.4, -0.2) is 61.6 Å². The summed E-state index contributed by atoms with van der Waals surface area (Å²) in [6, 6.07) is 6.69. The number of ether oxygens (including phenoxy) is 1. The molecule has 0 radical (unpaired) electrons. The van der Waals surface area contributed by atoms with Gasteiger partial charge in [-0.05, 0) is 37.1 Å². The highest BCUT2D eigenvalue weighted by atomic mass is 19.4. The van der Waals surface area contributed by atoms with Crippen LogP contribution in [0.3, 0.4) is 0 Å². The molecule has 1 aromatic rings. The number of methoxy groups -OCH3 is 1. The van der Waals surface area contributed by atoms with E-state index in [9.17, 15) is 22.8 Å². The molecule has 0 aliphatic carbocycles. The lowest BCUT2D eigenvalue weighted by molar-refractivity contribution is -0.154. The molecule has 5 nitrogen and oxygen atoms in total. The molecule has 1 amide bonds. The maximum Gasteiger partial charge on any atom is 0.401 e. The van der Waals surface area contributed by atoms with Crippen LogP contribution in [0, 0.1) is 5.92 Å². The molecule has 1 aliphatic rings. The predicted octanol–water partition coefficient (Wildman–Crippen LogP) is 2.71. The number of piperidine rings is 1. The first-order chi connectivity index (χ1) is 12.2. The van der Waals surface area contributed by atoms with Gasteiger partial charge < -0.3 is 9.64 Å². The number of carbonyl (C=O) groups excluding carboxylic acids is 2. The number of amides is 1. The van der Waals surface area contributed by atoms with E-state index >= 15 is 0 Å². The van der Waals surface area contributed by atoms with Gasteiger partial charge in [-0.1, -0.05) is 12.1 Å². The average molecular weight is 372 g/mol. The minimum Gasteiger partial charge on any atom is -0.465 e. The molecule has 0 aromatic heterocycles. The first kappa shape index (κ1) is 20.2. The molecule has 0 N–H and O–H groups in total. The van der Waals surface area contributed by atoms with Gasteiger partial charge in [-0.25, -0.2) is 4.79 Å². The summed E-state index contributed by atoms with van der Waals surface area (Å²) in [7, 11) is 2.94. The van der Waals surface area contributed by atoms with Crippen molar-refractivity contribution in [3.63, 3.8) is 0 Å². The molecule has 1 atom stereocenters. The molecule has 144 valence electrons. The van der Waals surface area contributed by atoms with E-state index < -0.39 is 24.6 Å². The van der Waals surface area contributed by atoms with Crippen LogP contribution in [0.5, 0.6) is 0 Å². The molecule has 0 spiro atoms. The van der Waals surface area contributed by atoms with Crippen molar-refractivity contribution < 1.29 is 27.5 Å². The van der Waals surface area contributed by atoms with Gasteiger partial charge in [0, 0.05) is 20.1 Å². The number of hydrogen-bond acceptors (Lipinski definition) is 4. The number of hydrogen-bond donors (Lipinski definition) is 0. The van der Waals surface area contributed by atoms with Gasteiger partial charge >= 0.3 is 12.1 Å². The van der Waals surface area contributed by atoms with Crippen LogP contribution in [0.25, 0.3) is 0 Å². The van der Waals surface area contributed by atoms with Crippen LogP contribution < -0.4 is 0 Å². The fourth-order valence-electron chi connectivity index (χ4n) is 3.18. The van der Waals surface area contributed by atoms with E-state index in [2.05, 4.69) is 4.74 Å². The Morgan fingerprint density at radius 1 is 1.27 bits per heavy atom. The van der Waals surface area contributed by atoms with E-state index in [1.54, 1.807) is 31.3 Å². The number of esters is 1. The maximum atomic E-state index is 12.6. The van der Waals surface area contributed by atoms with E-state index in [1.807, 2.05) is 0 Å². The largest absolute Gasteiger partial charge is 0.465 e. The standard InChI is InChI=1S/C18H23F3N2O3/c1-22(10-13-5-7-14(8-6-13)17(25)26-2)16(24)15-4-3-9-23(11-15)12-18(19,20)21/h5-8,15H,3-4,9-12H2,1-2H3/t15-/m0/s1. The Hall–Kier alpha value is -2.09. The number of alkyl halides is 3. The number of likely N-dealkylation sites (tertiary alicyclic amines) is 1. The molecular weight excluding hydrogens is 349 g/mol. The van der Waals surface area contributed by atoms with Gasteiger partial charge in [-0.2, -0.15) is 13.2 Å². The summed E-state index contributed by atoms with van der Waals surface area (Å²) < 4.78 is 42.3.